The van der Waals surface area contributed by atoms with Crippen LogP contribution in [0.3, 0.4) is 0 Å². The maximum Gasteiger partial charge on any atom is 0.128 e. The molecule has 0 heterocycles. The summed E-state index contributed by atoms with van der Waals surface area (Å²) in [5.74, 6) is -0.145. The van der Waals surface area contributed by atoms with Crippen molar-refractivity contribution in [2.24, 2.45) is 0 Å². The third kappa shape index (κ3) is 2.44. The van der Waals surface area contributed by atoms with E-state index < -0.39 is 0 Å². The number of halogens is 1. The lowest BCUT2D eigenvalue weighted by Gasteiger charge is -2.15. The van der Waals surface area contributed by atoms with Crippen LogP contribution in [0.15, 0.2) is 18.2 Å². The van der Waals surface area contributed by atoms with Crippen LogP contribution in [-0.2, 0) is 0 Å². The second-order valence-electron chi connectivity index (χ2n) is 3.37. The Kier molecular flexibility index (Phi) is 3.29. The minimum absolute atomic E-state index is 0.145. The molecule has 0 spiro atoms. The lowest BCUT2D eigenvalue weighted by molar-refractivity contribution is 0.618. The van der Waals surface area contributed by atoms with Crippen molar-refractivity contribution >= 4 is 5.69 Å². The lowest BCUT2D eigenvalue weighted by Crippen LogP contribution is -2.14. The van der Waals surface area contributed by atoms with Crippen molar-refractivity contribution in [3.8, 4) is 0 Å². The van der Waals surface area contributed by atoms with E-state index in [2.05, 4.69) is 19.2 Å². The van der Waals surface area contributed by atoms with E-state index in [0.717, 1.165) is 12.1 Å². The maximum atomic E-state index is 13.1. The second-order valence-corrected chi connectivity index (χ2v) is 3.37. The Morgan fingerprint density at radius 3 is 2.77 bits per heavy atom. The SMILES string of the molecule is CC[C@H](C)Nc1cccc(F)c1C. The fourth-order valence-electron chi connectivity index (χ4n) is 1.13. The molecule has 0 aromatic heterocycles. The molecule has 0 saturated heterocycles. The Hall–Kier alpha value is -1.05. The van der Waals surface area contributed by atoms with Crippen molar-refractivity contribution in [2.45, 2.75) is 33.2 Å². The van der Waals surface area contributed by atoms with Gasteiger partial charge < -0.3 is 5.32 Å². The van der Waals surface area contributed by atoms with Gasteiger partial charge in [0.25, 0.3) is 0 Å². The molecule has 0 aliphatic rings. The largest absolute Gasteiger partial charge is 0.382 e. The molecular weight excluding hydrogens is 165 g/mol. The summed E-state index contributed by atoms with van der Waals surface area (Å²) in [6.45, 7) is 5.98. The highest BCUT2D eigenvalue weighted by atomic mass is 19.1. The molecule has 13 heavy (non-hydrogen) atoms. The van der Waals surface area contributed by atoms with Crippen LogP contribution in [0.2, 0.25) is 0 Å². The van der Waals surface area contributed by atoms with Crippen LogP contribution < -0.4 is 5.32 Å². The molecule has 0 aliphatic heterocycles. The summed E-state index contributed by atoms with van der Waals surface area (Å²) in [6, 6.07) is 5.51. The minimum Gasteiger partial charge on any atom is -0.382 e. The number of anilines is 1. The Morgan fingerprint density at radius 1 is 1.46 bits per heavy atom. The molecule has 2 heteroatoms. The van der Waals surface area contributed by atoms with Gasteiger partial charge in [-0.2, -0.15) is 0 Å². The summed E-state index contributed by atoms with van der Waals surface area (Å²) >= 11 is 0. The number of nitrogens with one attached hydrogen (secondary N) is 1. The smallest absolute Gasteiger partial charge is 0.128 e. The van der Waals surface area contributed by atoms with Crippen LogP contribution in [-0.4, -0.2) is 6.04 Å². The molecule has 0 bridgehead atoms. The first-order valence-corrected chi connectivity index (χ1v) is 4.66. The molecule has 1 N–H and O–H groups in total. The van der Waals surface area contributed by atoms with Gasteiger partial charge in [-0.1, -0.05) is 13.0 Å². The number of hydrogen-bond donors (Lipinski definition) is 1. The number of benzene rings is 1. The first kappa shape index (κ1) is 10.0. The molecule has 72 valence electrons. The third-order valence-electron chi connectivity index (χ3n) is 2.28. The van der Waals surface area contributed by atoms with Gasteiger partial charge in [0.05, 0.1) is 0 Å². The molecule has 1 nitrogen and oxygen atoms in total. The van der Waals surface area contributed by atoms with Gasteiger partial charge in [0.2, 0.25) is 0 Å². The number of rotatable bonds is 3. The Labute approximate surface area is 79.0 Å². The van der Waals surface area contributed by atoms with Crippen LogP contribution in [0, 0.1) is 12.7 Å². The van der Waals surface area contributed by atoms with Crippen molar-refractivity contribution in [3.63, 3.8) is 0 Å². The van der Waals surface area contributed by atoms with Gasteiger partial charge in [0, 0.05) is 17.3 Å². The monoisotopic (exact) mass is 181 g/mol. The van der Waals surface area contributed by atoms with Crippen molar-refractivity contribution < 1.29 is 4.39 Å². The normalized spacial score (nSPS) is 12.6. The summed E-state index contributed by atoms with van der Waals surface area (Å²) in [6.07, 6.45) is 1.04. The summed E-state index contributed by atoms with van der Waals surface area (Å²) in [7, 11) is 0. The minimum atomic E-state index is -0.145. The maximum absolute atomic E-state index is 13.1. The molecule has 0 aliphatic carbocycles. The van der Waals surface area contributed by atoms with E-state index in [0.29, 0.717) is 11.6 Å². The molecule has 1 aromatic rings. The van der Waals surface area contributed by atoms with Crippen molar-refractivity contribution in [2.75, 3.05) is 5.32 Å². The third-order valence-corrected chi connectivity index (χ3v) is 2.28. The zero-order valence-corrected chi connectivity index (χ0v) is 8.39. The van der Waals surface area contributed by atoms with E-state index in [1.807, 2.05) is 6.07 Å². The predicted molar refractivity (Wildman–Crippen MR) is 54.5 cm³/mol. The van der Waals surface area contributed by atoms with Crippen molar-refractivity contribution in [3.05, 3.63) is 29.6 Å². The van der Waals surface area contributed by atoms with Gasteiger partial charge in [0.1, 0.15) is 5.82 Å². The van der Waals surface area contributed by atoms with E-state index in [1.54, 1.807) is 13.0 Å². The summed E-state index contributed by atoms with van der Waals surface area (Å²) < 4.78 is 13.1. The predicted octanol–water partition coefficient (Wildman–Crippen LogP) is 3.34. The quantitative estimate of drug-likeness (QED) is 0.754. The molecule has 0 radical (unpaired) electrons. The van der Waals surface area contributed by atoms with Crippen LogP contribution in [0.25, 0.3) is 0 Å². The molecule has 1 aromatic carbocycles. The second kappa shape index (κ2) is 4.26. The standard InChI is InChI=1S/C11H16FN/c1-4-8(2)13-11-7-5-6-10(12)9(11)3/h5-8,13H,4H2,1-3H3/t8-/m0/s1. The molecule has 0 saturated carbocycles. The fraction of sp³-hybridized carbons (Fsp3) is 0.455. The summed E-state index contributed by atoms with van der Waals surface area (Å²) in [5, 5.41) is 3.26. The topological polar surface area (TPSA) is 12.0 Å². The average molecular weight is 181 g/mol. The summed E-state index contributed by atoms with van der Waals surface area (Å²) in [5.41, 5.74) is 1.59. The van der Waals surface area contributed by atoms with Gasteiger partial charge >= 0.3 is 0 Å². The van der Waals surface area contributed by atoms with E-state index in [4.69, 9.17) is 0 Å². The van der Waals surface area contributed by atoms with Crippen LogP contribution >= 0.6 is 0 Å². The fourth-order valence-corrected chi connectivity index (χ4v) is 1.13. The highest BCUT2D eigenvalue weighted by molar-refractivity contribution is 5.51. The first-order valence-electron chi connectivity index (χ1n) is 4.66. The highest BCUT2D eigenvalue weighted by Crippen LogP contribution is 2.18. The lowest BCUT2D eigenvalue weighted by atomic mass is 10.1. The van der Waals surface area contributed by atoms with Gasteiger partial charge in [0.15, 0.2) is 0 Å². The molecule has 1 rings (SSSR count). The van der Waals surface area contributed by atoms with Crippen molar-refractivity contribution in [1.29, 1.82) is 0 Å². The van der Waals surface area contributed by atoms with Gasteiger partial charge in [-0.15, -0.1) is 0 Å². The first-order chi connectivity index (χ1) is 6.15. The van der Waals surface area contributed by atoms with E-state index >= 15 is 0 Å². The number of hydrogen-bond acceptors (Lipinski definition) is 1. The van der Waals surface area contributed by atoms with Crippen molar-refractivity contribution in [1.82, 2.24) is 0 Å². The van der Waals surface area contributed by atoms with Gasteiger partial charge in [-0.05, 0) is 32.4 Å². The molecule has 0 fully saturated rings. The molecular formula is C11H16FN. The zero-order chi connectivity index (χ0) is 9.84. The van der Waals surface area contributed by atoms with Gasteiger partial charge in [-0.25, -0.2) is 4.39 Å². The Bertz CT molecular complexity index is 283. The van der Waals surface area contributed by atoms with E-state index in [-0.39, 0.29) is 5.82 Å². The molecule has 0 unspecified atom stereocenters. The Balaban J connectivity index is 2.83. The molecule has 1 atom stereocenters. The Morgan fingerprint density at radius 2 is 2.15 bits per heavy atom. The molecule has 0 amide bonds. The van der Waals surface area contributed by atoms with Gasteiger partial charge in [-0.3, -0.25) is 0 Å². The van der Waals surface area contributed by atoms with Crippen LogP contribution in [0.5, 0.6) is 0 Å². The van der Waals surface area contributed by atoms with Crippen LogP contribution in [0.1, 0.15) is 25.8 Å². The van der Waals surface area contributed by atoms with Crippen LogP contribution in [0.4, 0.5) is 10.1 Å². The van der Waals surface area contributed by atoms with E-state index in [9.17, 15) is 4.39 Å². The van der Waals surface area contributed by atoms with E-state index in [1.165, 1.54) is 6.07 Å². The zero-order valence-electron chi connectivity index (χ0n) is 8.39. The highest BCUT2D eigenvalue weighted by Gasteiger charge is 2.04. The average Bonchev–Trinajstić information content (AvgIpc) is 2.13. The summed E-state index contributed by atoms with van der Waals surface area (Å²) in [4.78, 5) is 0.